The van der Waals surface area contributed by atoms with E-state index >= 15 is 0 Å². The maximum Gasteiger partial charge on any atom is 0.161 e. The summed E-state index contributed by atoms with van der Waals surface area (Å²) in [6.07, 6.45) is 3.47. The average Bonchev–Trinajstić information content (AvgIpc) is 2.64. The van der Waals surface area contributed by atoms with Gasteiger partial charge in [-0.2, -0.15) is 0 Å². The highest BCUT2D eigenvalue weighted by Gasteiger charge is 2.08. The molecule has 7 heteroatoms. The van der Waals surface area contributed by atoms with Gasteiger partial charge >= 0.3 is 0 Å². The van der Waals surface area contributed by atoms with Gasteiger partial charge in [-0.3, -0.25) is 4.98 Å². The molecule has 1 aromatic carbocycles. The second-order valence-corrected chi connectivity index (χ2v) is 8.02. The van der Waals surface area contributed by atoms with Gasteiger partial charge in [-0.05, 0) is 23.8 Å². The molecular weight excluding hydrogens is 340 g/mol. The highest BCUT2D eigenvalue weighted by Crippen LogP contribution is 2.28. The van der Waals surface area contributed by atoms with Crippen molar-refractivity contribution in [2.24, 2.45) is 0 Å². The Morgan fingerprint density at radius 2 is 2.00 bits per heavy atom. The Kier molecular flexibility index (Phi) is 7.21. The molecule has 0 fully saturated rings. The molecule has 0 spiro atoms. The third-order valence-electron chi connectivity index (χ3n) is 3.70. The van der Waals surface area contributed by atoms with Crippen molar-refractivity contribution in [2.45, 2.75) is 20.1 Å². The van der Waals surface area contributed by atoms with E-state index in [0.29, 0.717) is 31.2 Å². The summed E-state index contributed by atoms with van der Waals surface area (Å²) in [5, 5.41) is 3.15. The fourth-order valence-corrected chi connectivity index (χ4v) is 2.94. The Balaban J connectivity index is 1.94. The van der Waals surface area contributed by atoms with Crippen molar-refractivity contribution in [1.82, 2.24) is 10.3 Å². The molecule has 136 valence electrons. The molecule has 0 aliphatic heterocycles. The lowest BCUT2D eigenvalue weighted by Gasteiger charge is -2.13. The highest BCUT2D eigenvalue weighted by atomic mass is 32.2. The van der Waals surface area contributed by atoms with Crippen molar-refractivity contribution in [3.63, 3.8) is 0 Å². The van der Waals surface area contributed by atoms with E-state index in [2.05, 4.69) is 10.3 Å². The molecule has 2 aromatic rings. The van der Waals surface area contributed by atoms with Gasteiger partial charge in [0.15, 0.2) is 21.3 Å². The lowest BCUT2D eigenvalue weighted by molar-refractivity contribution is 0.284. The van der Waals surface area contributed by atoms with Crippen LogP contribution in [0.15, 0.2) is 42.7 Å². The minimum absolute atomic E-state index is 0.143. The molecule has 0 amide bonds. The van der Waals surface area contributed by atoms with E-state index < -0.39 is 9.84 Å². The molecule has 0 radical (unpaired) electrons. The number of nitrogens with zero attached hydrogens (tertiary/aromatic N) is 1. The number of benzene rings is 1. The zero-order chi connectivity index (χ0) is 18.1. The van der Waals surface area contributed by atoms with E-state index in [0.717, 1.165) is 11.1 Å². The summed E-state index contributed by atoms with van der Waals surface area (Å²) in [5.74, 6) is 1.61. The van der Waals surface area contributed by atoms with E-state index in [4.69, 9.17) is 9.47 Å². The topological polar surface area (TPSA) is 77.5 Å². The quantitative estimate of drug-likeness (QED) is 0.651. The van der Waals surface area contributed by atoms with Crippen LogP contribution < -0.4 is 14.8 Å². The maximum absolute atomic E-state index is 11.5. The summed E-state index contributed by atoms with van der Waals surface area (Å²) >= 11 is 0. The van der Waals surface area contributed by atoms with Gasteiger partial charge in [-0.25, -0.2) is 8.42 Å². The number of ether oxygens (including phenoxy) is 2. The second kappa shape index (κ2) is 9.39. The predicted molar refractivity (Wildman–Crippen MR) is 97.6 cm³/mol. The zero-order valence-electron chi connectivity index (χ0n) is 14.6. The van der Waals surface area contributed by atoms with Crippen LogP contribution in [0.5, 0.6) is 11.5 Å². The minimum atomic E-state index is -2.95. The number of methoxy groups -OCH3 is 1. The van der Waals surface area contributed by atoms with Crippen LogP contribution in [0.25, 0.3) is 0 Å². The van der Waals surface area contributed by atoms with E-state index in [1.807, 2.05) is 30.3 Å². The third kappa shape index (κ3) is 6.36. The van der Waals surface area contributed by atoms with Gasteiger partial charge in [0.1, 0.15) is 6.61 Å². The Morgan fingerprint density at radius 3 is 2.68 bits per heavy atom. The van der Waals surface area contributed by atoms with Gasteiger partial charge < -0.3 is 14.8 Å². The smallest absolute Gasteiger partial charge is 0.161 e. The summed E-state index contributed by atoms with van der Waals surface area (Å²) in [7, 11) is -1.35. The minimum Gasteiger partial charge on any atom is -0.493 e. The molecule has 1 heterocycles. The summed E-state index contributed by atoms with van der Waals surface area (Å²) in [6, 6.07) is 9.48. The van der Waals surface area contributed by atoms with Crippen LogP contribution in [-0.2, 0) is 23.0 Å². The number of aromatic nitrogens is 1. The highest BCUT2D eigenvalue weighted by molar-refractivity contribution is 7.91. The van der Waals surface area contributed by atoms with Gasteiger partial charge in [-0.15, -0.1) is 0 Å². The lowest BCUT2D eigenvalue weighted by atomic mass is 10.2. The molecule has 25 heavy (non-hydrogen) atoms. The monoisotopic (exact) mass is 364 g/mol. The predicted octanol–water partition coefficient (Wildman–Crippen LogP) is 2.19. The molecule has 0 atom stereocenters. The molecular formula is C18H24N2O4S. The van der Waals surface area contributed by atoms with Crippen molar-refractivity contribution >= 4 is 9.84 Å². The van der Waals surface area contributed by atoms with E-state index in [1.165, 1.54) is 0 Å². The molecule has 1 N–H and O–H groups in total. The number of sulfone groups is 1. The first-order chi connectivity index (χ1) is 12.0. The number of hydrogen-bond donors (Lipinski definition) is 1. The standard InChI is InChI=1S/C18H24N2O4S/c1-3-25(21,22)10-9-20-12-15-6-7-17(23-2)18(11-15)24-14-16-5-4-8-19-13-16/h4-8,11,13,20H,3,9-10,12,14H2,1-2H3. The Morgan fingerprint density at radius 1 is 1.16 bits per heavy atom. The first kappa shape index (κ1) is 19.2. The second-order valence-electron chi connectivity index (χ2n) is 5.55. The molecule has 0 aliphatic rings. The lowest BCUT2D eigenvalue weighted by Crippen LogP contribution is -2.23. The van der Waals surface area contributed by atoms with Crippen LogP contribution in [0.4, 0.5) is 0 Å². The molecule has 6 nitrogen and oxygen atoms in total. The Labute approximate surface area is 149 Å². The van der Waals surface area contributed by atoms with Gasteiger partial charge in [0.05, 0.1) is 12.9 Å². The molecule has 0 unspecified atom stereocenters. The van der Waals surface area contributed by atoms with Crippen molar-refractivity contribution in [1.29, 1.82) is 0 Å². The molecule has 2 rings (SSSR count). The fourth-order valence-electron chi connectivity index (χ4n) is 2.19. The summed E-state index contributed by atoms with van der Waals surface area (Å²) < 4.78 is 34.2. The summed E-state index contributed by atoms with van der Waals surface area (Å²) in [4.78, 5) is 4.06. The van der Waals surface area contributed by atoms with Crippen LogP contribution >= 0.6 is 0 Å². The first-order valence-electron chi connectivity index (χ1n) is 8.14. The molecule has 0 saturated heterocycles. The van der Waals surface area contributed by atoms with E-state index in [1.54, 1.807) is 26.4 Å². The zero-order valence-corrected chi connectivity index (χ0v) is 15.4. The summed E-state index contributed by atoms with van der Waals surface area (Å²) in [5.41, 5.74) is 1.97. The number of pyridine rings is 1. The SMILES string of the molecule is CCS(=O)(=O)CCNCc1ccc(OC)c(OCc2cccnc2)c1. The number of rotatable bonds is 10. The van der Waals surface area contributed by atoms with Crippen LogP contribution in [-0.4, -0.2) is 38.6 Å². The van der Waals surface area contributed by atoms with Gasteiger partial charge in [0, 0.05) is 36.8 Å². The molecule has 1 aromatic heterocycles. The van der Waals surface area contributed by atoms with E-state index in [-0.39, 0.29) is 11.5 Å². The normalized spacial score (nSPS) is 11.3. The fraction of sp³-hybridized carbons (Fsp3) is 0.389. The maximum atomic E-state index is 11.5. The van der Waals surface area contributed by atoms with Crippen LogP contribution in [0.3, 0.4) is 0 Å². The number of nitrogens with one attached hydrogen (secondary N) is 1. The number of hydrogen-bond acceptors (Lipinski definition) is 6. The van der Waals surface area contributed by atoms with Crippen molar-refractivity contribution in [3.05, 3.63) is 53.9 Å². The van der Waals surface area contributed by atoms with Crippen molar-refractivity contribution in [2.75, 3.05) is 25.2 Å². The summed E-state index contributed by atoms with van der Waals surface area (Å²) in [6.45, 7) is 3.04. The van der Waals surface area contributed by atoms with Crippen molar-refractivity contribution in [3.8, 4) is 11.5 Å². The Bertz CT molecular complexity index is 764. The van der Waals surface area contributed by atoms with E-state index in [9.17, 15) is 8.42 Å². The van der Waals surface area contributed by atoms with Crippen LogP contribution in [0, 0.1) is 0 Å². The Hall–Kier alpha value is -2.12. The first-order valence-corrected chi connectivity index (χ1v) is 9.96. The van der Waals surface area contributed by atoms with Gasteiger partial charge in [-0.1, -0.05) is 19.1 Å². The largest absolute Gasteiger partial charge is 0.493 e. The van der Waals surface area contributed by atoms with Gasteiger partial charge in [0.2, 0.25) is 0 Å². The molecule has 0 bridgehead atoms. The van der Waals surface area contributed by atoms with Crippen LogP contribution in [0.1, 0.15) is 18.1 Å². The molecule has 0 saturated carbocycles. The van der Waals surface area contributed by atoms with Gasteiger partial charge in [0.25, 0.3) is 0 Å². The third-order valence-corrected chi connectivity index (χ3v) is 5.41. The molecule has 0 aliphatic carbocycles. The average molecular weight is 364 g/mol. The van der Waals surface area contributed by atoms with Crippen LogP contribution in [0.2, 0.25) is 0 Å². The van der Waals surface area contributed by atoms with Crippen molar-refractivity contribution < 1.29 is 17.9 Å².